The molecule has 3 rings (SSSR count). The Morgan fingerprint density at radius 2 is 1.11 bits per heavy atom. The fourth-order valence-electron chi connectivity index (χ4n) is 4.52. The van der Waals surface area contributed by atoms with E-state index >= 15 is 0 Å². The zero-order chi connectivity index (χ0) is 32.8. The van der Waals surface area contributed by atoms with E-state index < -0.39 is 69.7 Å². The highest BCUT2D eigenvalue weighted by Gasteiger charge is 2.40. The van der Waals surface area contributed by atoms with Crippen molar-refractivity contribution in [2.24, 2.45) is 0 Å². The van der Waals surface area contributed by atoms with Crippen molar-refractivity contribution in [3.63, 3.8) is 0 Å². The molecule has 1 fully saturated rings. The van der Waals surface area contributed by atoms with Crippen LogP contribution in [0.3, 0.4) is 0 Å². The molecular formula is C30H38BrN5O6S2. The van der Waals surface area contributed by atoms with E-state index in [9.17, 15) is 29.1 Å². The second-order valence-electron chi connectivity index (χ2n) is 11.8. The summed E-state index contributed by atoms with van der Waals surface area (Å²) in [6, 6.07) is 8.53. The Morgan fingerprint density at radius 3 is 1.59 bits per heavy atom. The van der Waals surface area contributed by atoms with Gasteiger partial charge >= 0.3 is 0 Å². The third-order valence-electron chi connectivity index (χ3n) is 6.95. The Bertz CT molecular complexity index is 1380. The van der Waals surface area contributed by atoms with E-state index in [1.54, 1.807) is 64.1 Å². The molecule has 2 aromatic rings. The number of halogens is 1. The van der Waals surface area contributed by atoms with Crippen molar-refractivity contribution in [2.45, 2.75) is 74.2 Å². The molecular weight excluding hydrogens is 670 g/mol. The Balaban J connectivity index is 2.04. The van der Waals surface area contributed by atoms with Crippen LogP contribution >= 0.6 is 41.2 Å². The molecule has 0 spiro atoms. The van der Waals surface area contributed by atoms with Crippen LogP contribution in [-0.2, 0) is 36.8 Å². The van der Waals surface area contributed by atoms with E-state index in [1.807, 2.05) is 0 Å². The van der Waals surface area contributed by atoms with Crippen LogP contribution in [0, 0.1) is 0 Å². The first kappa shape index (κ1) is 35.3. The van der Waals surface area contributed by atoms with Crippen LogP contribution in [0.1, 0.15) is 38.8 Å². The SMILES string of the molecule is CC(C)(S)[C@H]1NC(=O)[C@H](Cc2ccc(O)cc2)NC(=O)[C@@H](C(C)(C)S)NC(=O)[C@H](Cc2ccc(Br)cc2)NC(=O)CNC1=O. The molecule has 1 aliphatic heterocycles. The van der Waals surface area contributed by atoms with Gasteiger partial charge in [0.15, 0.2) is 0 Å². The van der Waals surface area contributed by atoms with E-state index in [4.69, 9.17) is 0 Å². The van der Waals surface area contributed by atoms with Gasteiger partial charge in [-0.2, -0.15) is 25.3 Å². The summed E-state index contributed by atoms with van der Waals surface area (Å²) in [5, 5.41) is 23.0. The maximum Gasteiger partial charge on any atom is 0.244 e. The van der Waals surface area contributed by atoms with Crippen LogP contribution in [0.4, 0.5) is 0 Å². The third-order valence-corrected chi connectivity index (χ3v) is 7.99. The lowest BCUT2D eigenvalue weighted by atomic mass is 9.98. The number of carbonyl (C=O) groups is 5. The number of hydrogen-bond donors (Lipinski definition) is 8. The smallest absolute Gasteiger partial charge is 0.244 e. The standard InChI is InChI=1S/C30H38BrN5O6S2/c1-29(2,43)23-27(41)32-15-22(38)33-20(13-16-5-9-18(31)10-6-16)25(39)36-24(30(3,4)44)28(42)34-21(26(40)35-23)14-17-7-11-19(37)12-8-17/h5-12,20-21,23-24,37,43-44H,13-15H2,1-4H3,(H,32,41)(H,33,38)(H,34,42)(H,35,40)(H,36,39)/t20-,21-,23-,24-/m0/s1. The summed E-state index contributed by atoms with van der Waals surface area (Å²) in [5.74, 6) is -3.35. The molecule has 238 valence electrons. The largest absolute Gasteiger partial charge is 0.508 e. The highest BCUT2D eigenvalue weighted by Crippen LogP contribution is 2.21. The number of phenolic OH excluding ortho intramolecular Hbond substituents is 1. The minimum Gasteiger partial charge on any atom is -0.508 e. The van der Waals surface area contributed by atoms with Crippen LogP contribution in [0.25, 0.3) is 0 Å². The molecule has 0 bridgehead atoms. The number of benzene rings is 2. The van der Waals surface area contributed by atoms with Crippen LogP contribution in [0.15, 0.2) is 53.0 Å². The maximum absolute atomic E-state index is 13.8. The van der Waals surface area contributed by atoms with Crippen LogP contribution < -0.4 is 26.6 Å². The summed E-state index contributed by atoms with van der Waals surface area (Å²) in [6.07, 6.45) is 0.0923. The molecule has 0 unspecified atom stereocenters. The minimum atomic E-state index is -1.24. The number of rotatable bonds is 6. The average Bonchev–Trinajstić information content (AvgIpc) is 2.93. The van der Waals surface area contributed by atoms with E-state index in [1.165, 1.54) is 12.1 Å². The monoisotopic (exact) mass is 707 g/mol. The van der Waals surface area contributed by atoms with Crippen LogP contribution in [0.5, 0.6) is 5.75 Å². The molecule has 1 saturated heterocycles. The molecule has 44 heavy (non-hydrogen) atoms. The molecule has 6 N–H and O–H groups in total. The lowest BCUT2D eigenvalue weighted by Crippen LogP contribution is -2.63. The summed E-state index contributed by atoms with van der Waals surface area (Å²) >= 11 is 12.5. The molecule has 2 aromatic carbocycles. The second-order valence-corrected chi connectivity index (χ2v) is 15.0. The minimum absolute atomic E-state index is 0.000901. The van der Waals surface area contributed by atoms with Gasteiger partial charge in [0, 0.05) is 26.8 Å². The number of nitrogens with one attached hydrogen (secondary N) is 5. The highest BCUT2D eigenvalue weighted by molar-refractivity contribution is 9.10. The van der Waals surface area contributed by atoms with Crippen molar-refractivity contribution in [1.29, 1.82) is 0 Å². The molecule has 0 aliphatic carbocycles. The third kappa shape index (κ3) is 10.2. The number of amides is 5. The van der Waals surface area contributed by atoms with Crippen molar-refractivity contribution >= 4 is 70.7 Å². The predicted molar refractivity (Wildman–Crippen MR) is 177 cm³/mol. The number of phenols is 1. The van der Waals surface area contributed by atoms with Crippen molar-refractivity contribution in [3.8, 4) is 5.75 Å². The molecule has 1 aliphatic rings. The van der Waals surface area contributed by atoms with Gasteiger partial charge in [-0.05, 0) is 63.1 Å². The predicted octanol–water partition coefficient (Wildman–Crippen LogP) is 1.43. The quantitative estimate of drug-likeness (QED) is 0.212. The molecule has 14 heteroatoms. The molecule has 0 radical (unpaired) electrons. The zero-order valence-electron chi connectivity index (χ0n) is 24.8. The van der Waals surface area contributed by atoms with Crippen LogP contribution in [-0.4, -0.2) is 74.8 Å². The van der Waals surface area contributed by atoms with Gasteiger partial charge in [0.1, 0.15) is 29.9 Å². The summed E-state index contributed by atoms with van der Waals surface area (Å²) < 4.78 is -1.35. The number of carbonyl (C=O) groups excluding carboxylic acids is 5. The van der Waals surface area contributed by atoms with Gasteiger partial charge in [-0.3, -0.25) is 24.0 Å². The first-order valence-corrected chi connectivity index (χ1v) is 15.6. The lowest BCUT2D eigenvalue weighted by molar-refractivity contribution is -0.134. The molecule has 0 saturated carbocycles. The fourth-order valence-corrected chi connectivity index (χ4v) is 5.15. The Labute approximate surface area is 276 Å². The normalized spacial score (nSPS) is 22.8. The van der Waals surface area contributed by atoms with Crippen molar-refractivity contribution < 1.29 is 29.1 Å². The van der Waals surface area contributed by atoms with E-state index in [0.717, 1.165) is 10.0 Å². The first-order valence-electron chi connectivity index (χ1n) is 13.9. The van der Waals surface area contributed by atoms with Crippen molar-refractivity contribution in [2.75, 3.05) is 6.54 Å². The lowest BCUT2D eigenvalue weighted by Gasteiger charge is -2.33. The van der Waals surface area contributed by atoms with E-state index in [2.05, 4.69) is 67.8 Å². The summed E-state index contributed by atoms with van der Waals surface area (Å²) in [5.41, 5.74) is 1.35. The summed E-state index contributed by atoms with van der Waals surface area (Å²) in [7, 11) is 0. The molecule has 11 nitrogen and oxygen atoms in total. The highest BCUT2D eigenvalue weighted by atomic mass is 79.9. The molecule has 0 aromatic heterocycles. The van der Waals surface area contributed by atoms with Gasteiger partial charge < -0.3 is 31.7 Å². The molecule has 1 heterocycles. The van der Waals surface area contributed by atoms with Gasteiger partial charge in [-0.15, -0.1) is 0 Å². The zero-order valence-corrected chi connectivity index (χ0v) is 28.2. The van der Waals surface area contributed by atoms with E-state index in [-0.39, 0.29) is 18.6 Å². The van der Waals surface area contributed by atoms with Gasteiger partial charge in [0.25, 0.3) is 0 Å². The van der Waals surface area contributed by atoms with Gasteiger partial charge in [0.2, 0.25) is 29.5 Å². The number of aromatic hydroxyl groups is 1. The van der Waals surface area contributed by atoms with Crippen molar-refractivity contribution in [3.05, 3.63) is 64.1 Å². The number of thiol groups is 2. The topological polar surface area (TPSA) is 166 Å². The molecule has 5 amide bonds. The van der Waals surface area contributed by atoms with Gasteiger partial charge in [-0.1, -0.05) is 40.2 Å². The van der Waals surface area contributed by atoms with Crippen molar-refractivity contribution in [1.82, 2.24) is 26.6 Å². The average molecular weight is 709 g/mol. The summed E-state index contributed by atoms with van der Waals surface area (Å²) in [4.78, 5) is 67.3. The van der Waals surface area contributed by atoms with Gasteiger partial charge in [0.05, 0.1) is 6.54 Å². The maximum atomic E-state index is 13.8. The Morgan fingerprint density at radius 1 is 0.682 bits per heavy atom. The van der Waals surface area contributed by atoms with E-state index in [0.29, 0.717) is 5.56 Å². The number of hydrogen-bond acceptors (Lipinski definition) is 8. The Hall–Kier alpha value is -3.23. The summed E-state index contributed by atoms with van der Waals surface area (Å²) in [6.45, 7) is 6.04. The second kappa shape index (κ2) is 14.7. The first-order chi connectivity index (χ1) is 20.4. The molecule has 4 atom stereocenters. The van der Waals surface area contributed by atoms with Crippen LogP contribution in [0.2, 0.25) is 0 Å². The fraction of sp³-hybridized carbons (Fsp3) is 0.433. The Kier molecular flexibility index (Phi) is 11.8. The van der Waals surface area contributed by atoms with Gasteiger partial charge in [-0.25, -0.2) is 0 Å².